The van der Waals surface area contributed by atoms with Crippen LogP contribution in [0.4, 0.5) is 0 Å². The third-order valence-electron chi connectivity index (χ3n) is 5.10. The van der Waals surface area contributed by atoms with E-state index in [9.17, 15) is 9.59 Å². The molecule has 2 N–H and O–H groups in total. The molecule has 142 valence electrons. The maximum Gasteiger partial charge on any atom is 0.302 e. The molecule has 0 spiro atoms. The minimum absolute atomic E-state index is 0.0581. The average molecular weight is 381 g/mol. The summed E-state index contributed by atoms with van der Waals surface area (Å²) in [5.74, 6) is -0.304. The standard InChI is InChI=1S/C19H25ClN2O4/c1-12-3-4-14(5-17(12)20)10-25-16-8-22(9-16)18(24)15-6-19(21,7-15)11-26-13(2)23/h3-5,15-16H,6-11,21H2,1-2H3/t15-,19+. The Kier molecular flexibility index (Phi) is 5.55. The first-order chi connectivity index (χ1) is 12.3. The van der Waals surface area contributed by atoms with Gasteiger partial charge in [-0.2, -0.15) is 0 Å². The molecule has 0 bridgehead atoms. The summed E-state index contributed by atoms with van der Waals surface area (Å²) < 4.78 is 10.8. The molecule has 2 fully saturated rings. The molecule has 1 aromatic carbocycles. The number of nitrogens with zero attached hydrogens (tertiary/aromatic N) is 1. The van der Waals surface area contributed by atoms with Gasteiger partial charge in [0.05, 0.1) is 18.2 Å². The predicted octanol–water partition coefficient (Wildman–Crippen LogP) is 2.05. The molecule has 3 rings (SSSR count). The lowest BCUT2D eigenvalue weighted by molar-refractivity contribution is -0.157. The number of hydrogen-bond donors (Lipinski definition) is 1. The Hall–Kier alpha value is -1.63. The van der Waals surface area contributed by atoms with E-state index < -0.39 is 5.54 Å². The second-order valence-corrected chi connectivity index (χ2v) is 7.91. The topological polar surface area (TPSA) is 81.9 Å². The Labute approximate surface area is 158 Å². The highest BCUT2D eigenvalue weighted by molar-refractivity contribution is 6.31. The third-order valence-corrected chi connectivity index (χ3v) is 5.51. The number of amides is 1. The van der Waals surface area contributed by atoms with Gasteiger partial charge in [0, 0.05) is 31.0 Å². The number of likely N-dealkylation sites (tertiary alicyclic amines) is 1. The van der Waals surface area contributed by atoms with E-state index in [-0.39, 0.29) is 30.5 Å². The summed E-state index contributed by atoms with van der Waals surface area (Å²) in [6.45, 7) is 5.20. The number of nitrogens with two attached hydrogens (primary N) is 1. The van der Waals surface area contributed by atoms with Crippen LogP contribution >= 0.6 is 11.6 Å². The van der Waals surface area contributed by atoms with E-state index in [4.69, 9.17) is 26.8 Å². The van der Waals surface area contributed by atoms with Crippen molar-refractivity contribution in [1.29, 1.82) is 0 Å². The zero-order valence-corrected chi connectivity index (χ0v) is 15.9. The number of hydrogen-bond acceptors (Lipinski definition) is 5. The largest absolute Gasteiger partial charge is 0.464 e. The van der Waals surface area contributed by atoms with E-state index >= 15 is 0 Å². The van der Waals surface area contributed by atoms with E-state index in [0.29, 0.717) is 32.5 Å². The van der Waals surface area contributed by atoms with Crippen LogP contribution in [0.1, 0.15) is 30.9 Å². The van der Waals surface area contributed by atoms with Crippen molar-refractivity contribution in [3.05, 3.63) is 34.3 Å². The van der Waals surface area contributed by atoms with Crippen LogP contribution in [0.3, 0.4) is 0 Å². The van der Waals surface area contributed by atoms with Gasteiger partial charge < -0.3 is 20.1 Å². The van der Waals surface area contributed by atoms with Crippen LogP contribution in [0, 0.1) is 12.8 Å². The summed E-state index contributed by atoms with van der Waals surface area (Å²) in [5, 5.41) is 0.737. The summed E-state index contributed by atoms with van der Waals surface area (Å²) in [5.41, 5.74) is 7.63. The molecule has 0 atom stereocenters. The lowest BCUT2D eigenvalue weighted by Gasteiger charge is -2.48. The molecule has 1 saturated heterocycles. The van der Waals surface area contributed by atoms with Gasteiger partial charge in [-0.3, -0.25) is 9.59 Å². The molecule has 7 heteroatoms. The zero-order chi connectivity index (χ0) is 18.9. The van der Waals surface area contributed by atoms with E-state index in [1.807, 2.05) is 30.0 Å². The number of benzene rings is 1. The Morgan fingerprint density at radius 3 is 2.65 bits per heavy atom. The van der Waals surface area contributed by atoms with E-state index in [2.05, 4.69) is 0 Å². The molecule has 1 saturated carbocycles. The number of rotatable bonds is 6. The fraction of sp³-hybridized carbons (Fsp3) is 0.579. The van der Waals surface area contributed by atoms with Gasteiger partial charge in [0.15, 0.2) is 0 Å². The highest BCUT2D eigenvalue weighted by Gasteiger charge is 2.48. The van der Waals surface area contributed by atoms with Crippen molar-refractivity contribution < 1.29 is 19.1 Å². The minimum atomic E-state index is -0.558. The van der Waals surface area contributed by atoms with Gasteiger partial charge in [0.1, 0.15) is 6.61 Å². The molecule has 1 amide bonds. The number of esters is 1. The van der Waals surface area contributed by atoms with Crippen molar-refractivity contribution in [2.45, 2.75) is 44.9 Å². The highest BCUT2D eigenvalue weighted by atomic mass is 35.5. The first-order valence-corrected chi connectivity index (χ1v) is 9.21. The van der Waals surface area contributed by atoms with Gasteiger partial charge in [0.25, 0.3) is 0 Å². The van der Waals surface area contributed by atoms with Crippen LogP contribution in [0.25, 0.3) is 0 Å². The van der Waals surface area contributed by atoms with Crippen molar-refractivity contribution in [3.63, 3.8) is 0 Å². The lowest BCUT2D eigenvalue weighted by atomic mass is 9.68. The van der Waals surface area contributed by atoms with E-state index in [1.165, 1.54) is 6.92 Å². The Morgan fingerprint density at radius 1 is 1.35 bits per heavy atom. The van der Waals surface area contributed by atoms with E-state index in [0.717, 1.165) is 16.1 Å². The Bertz CT molecular complexity index is 697. The van der Waals surface area contributed by atoms with Gasteiger partial charge >= 0.3 is 5.97 Å². The van der Waals surface area contributed by atoms with Gasteiger partial charge in [0.2, 0.25) is 5.91 Å². The van der Waals surface area contributed by atoms with Crippen LogP contribution in [-0.4, -0.2) is 48.1 Å². The highest BCUT2D eigenvalue weighted by Crippen LogP contribution is 2.38. The molecule has 26 heavy (non-hydrogen) atoms. The SMILES string of the molecule is CC(=O)OC[C@]1(N)C[C@@H](C(=O)N2CC(OCc3ccc(C)c(Cl)c3)C2)C1. The van der Waals surface area contributed by atoms with E-state index in [1.54, 1.807) is 0 Å². The van der Waals surface area contributed by atoms with Crippen molar-refractivity contribution in [2.24, 2.45) is 11.7 Å². The molecule has 6 nitrogen and oxygen atoms in total. The van der Waals surface area contributed by atoms with Gasteiger partial charge in [-0.25, -0.2) is 0 Å². The average Bonchev–Trinajstić information content (AvgIpc) is 2.51. The molecule has 0 aromatic heterocycles. The lowest BCUT2D eigenvalue weighted by Crippen LogP contribution is -2.63. The minimum Gasteiger partial charge on any atom is -0.464 e. The molecule has 1 aliphatic heterocycles. The molecular weight excluding hydrogens is 356 g/mol. The van der Waals surface area contributed by atoms with Gasteiger partial charge in [-0.15, -0.1) is 0 Å². The molecule has 0 radical (unpaired) electrons. The third kappa shape index (κ3) is 4.37. The molecule has 1 heterocycles. The molecule has 0 unspecified atom stereocenters. The number of carbonyl (C=O) groups is 2. The second-order valence-electron chi connectivity index (χ2n) is 7.51. The Balaban J connectivity index is 1.37. The summed E-state index contributed by atoms with van der Waals surface area (Å²) >= 11 is 6.12. The normalized spacial score (nSPS) is 25.4. The van der Waals surface area contributed by atoms with Crippen molar-refractivity contribution >= 4 is 23.5 Å². The van der Waals surface area contributed by atoms with Crippen LogP contribution < -0.4 is 5.73 Å². The van der Waals surface area contributed by atoms with Crippen LogP contribution in [0.5, 0.6) is 0 Å². The van der Waals surface area contributed by atoms with Gasteiger partial charge in [-0.1, -0.05) is 23.7 Å². The maximum absolute atomic E-state index is 12.4. The molecule has 1 aliphatic carbocycles. The number of ether oxygens (including phenoxy) is 2. The fourth-order valence-corrected chi connectivity index (χ4v) is 3.58. The summed E-state index contributed by atoms with van der Waals surface area (Å²) in [6.07, 6.45) is 1.18. The first kappa shape index (κ1) is 19.1. The summed E-state index contributed by atoms with van der Waals surface area (Å²) in [6, 6.07) is 5.89. The Morgan fingerprint density at radius 2 is 2.04 bits per heavy atom. The van der Waals surface area contributed by atoms with Gasteiger partial charge in [-0.05, 0) is 37.0 Å². The quantitative estimate of drug-likeness (QED) is 0.764. The summed E-state index contributed by atoms with van der Waals surface area (Å²) in [7, 11) is 0. The fourth-order valence-electron chi connectivity index (χ4n) is 3.38. The summed E-state index contributed by atoms with van der Waals surface area (Å²) in [4.78, 5) is 25.1. The van der Waals surface area contributed by atoms with Crippen molar-refractivity contribution in [1.82, 2.24) is 4.90 Å². The maximum atomic E-state index is 12.4. The molecule has 2 aliphatic rings. The molecular formula is C19H25ClN2O4. The zero-order valence-electron chi connectivity index (χ0n) is 15.2. The van der Waals surface area contributed by atoms with Crippen LogP contribution in [-0.2, 0) is 25.7 Å². The predicted molar refractivity (Wildman–Crippen MR) is 97.6 cm³/mol. The monoisotopic (exact) mass is 380 g/mol. The number of carbonyl (C=O) groups excluding carboxylic acids is 2. The van der Waals surface area contributed by atoms with Crippen molar-refractivity contribution in [2.75, 3.05) is 19.7 Å². The van der Waals surface area contributed by atoms with Crippen molar-refractivity contribution in [3.8, 4) is 0 Å². The molecule has 1 aromatic rings. The second kappa shape index (κ2) is 7.55. The smallest absolute Gasteiger partial charge is 0.302 e. The number of aryl methyl sites for hydroxylation is 1. The first-order valence-electron chi connectivity index (χ1n) is 8.83. The van der Waals surface area contributed by atoms with Crippen LogP contribution in [0.15, 0.2) is 18.2 Å². The number of halogens is 1. The van der Waals surface area contributed by atoms with Crippen LogP contribution in [0.2, 0.25) is 5.02 Å².